The van der Waals surface area contributed by atoms with E-state index in [0.717, 1.165) is 6.07 Å². The lowest BCUT2D eigenvalue weighted by Crippen LogP contribution is -2.40. The number of benzene rings is 1. The van der Waals surface area contributed by atoms with Gasteiger partial charge in [-0.25, -0.2) is 8.78 Å². The number of amides is 1. The van der Waals surface area contributed by atoms with E-state index in [4.69, 9.17) is 5.73 Å². The molecule has 2 atom stereocenters. The van der Waals surface area contributed by atoms with Crippen LogP contribution in [0.3, 0.4) is 0 Å². The summed E-state index contributed by atoms with van der Waals surface area (Å²) in [7, 11) is 1.75. The van der Waals surface area contributed by atoms with Crippen LogP contribution in [0.1, 0.15) is 31.7 Å². The van der Waals surface area contributed by atoms with Gasteiger partial charge in [-0.2, -0.15) is 0 Å². The first kappa shape index (κ1) is 15.9. The summed E-state index contributed by atoms with van der Waals surface area (Å²) in [6.07, 6.45) is 0.620. The maximum absolute atomic E-state index is 13.7. The molecule has 0 heterocycles. The average Bonchev–Trinajstić information content (AvgIpc) is 3.17. The van der Waals surface area contributed by atoms with Crippen LogP contribution in [0.4, 0.5) is 8.78 Å². The first-order valence-electron chi connectivity index (χ1n) is 7.15. The van der Waals surface area contributed by atoms with E-state index < -0.39 is 11.6 Å². The van der Waals surface area contributed by atoms with E-state index >= 15 is 0 Å². The second-order valence-electron chi connectivity index (χ2n) is 6.68. The second-order valence-corrected chi connectivity index (χ2v) is 6.68. The Balaban J connectivity index is 2.01. The van der Waals surface area contributed by atoms with Gasteiger partial charge in [0.05, 0.1) is 0 Å². The number of carbonyl (C=O) groups excluding carboxylic acids is 1. The Bertz CT molecular complexity index is 545. The normalized spacial score (nSPS) is 21.2. The lowest BCUT2D eigenvalue weighted by Gasteiger charge is -2.29. The van der Waals surface area contributed by atoms with Crippen molar-refractivity contribution >= 4 is 5.91 Å². The lowest BCUT2D eigenvalue weighted by molar-refractivity contribution is -0.132. The molecule has 3 nitrogen and oxygen atoms in total. The number of carbonyl (C=O) groups is 1. The van der Waals surface area contributed by atoms with Crippen LogP contribution in [-0.2, 0) is 4.79 Å². The van der Waals surface area contributed by atoms with Gasteiger partial charge in [-0.15, -0.1) is 0 Å². The Labute approximate surface area is 124 Å². The van der Waals surface area contributed by atoms with Gasteiger partial charge in [0.1, 0.15) is 11.6 Å². The predicted molar refractivity (Wildman–Crippen MR) is 77.7 cm³/mol. The minimum Gasteiger partial charge on any atom is -0.345 e. The summed E-state index contributed by atoms with van der Waals surface area (Å²) in [5, 5.41) is 0. The zero-order valence-corrected chi connectivity index (χ0v) is 12.7. The van der Waals surface area contributed by atoms with Crippen LogP contribution in [0, 0.1) is 23.0 Å². The molecule has 2 unspecified atom stereocenters. The Kier molecular flexibility index (Phi) is 4.33. The molecule has 1 aliphatic rings. The first-order valence-corrected chi connectivity index (χ1v) is 7.15. The fraction of sp³-hybridized carbons (Fsp3) is 0.562. The van der Waals surface area contributed by atoms with Gasteiger partial charge < -0.3 is 10.6 Å². The van der Waals surface area contributed by atoms with E-state index in [0.29, 0.717) is 25.1 Å². The van der Waals surface area contributed by atoms with E-state index in [1.165, 1.54) is 12.1 Å². The molecule has 2 N–H and O–H groups in total. The van der Waals surface area contributed by atoms with Gasteiger partial charge in [0, 0.05) is 25.6 Å². The minimum absolute atomic E-state index is 0.00486. The van der Waals surface area contributed by atoms with Gasteiger partial charge in [0.15, 0.2) is 0 Å². The van der Waals surface area contributed by atoms with E-state index in [-0.39, 0.29) is 23.2 Å². The Morgan fingerprint density at radius 3 is 2.67 bits per heavy atom. The van der Waals surface area contributed by atoms with E-state index in [1.54, 1.807) is 11.9 Å². The van der Waals surface area contributed by atoms with Crippen molar-refractivity contribution < 1.29 is 13.6 Å². The summed E-state index contributed by atoms with van der Waals surface area (Å²) in [6, 6.07) is 3.54. The largest absolute Gasteiger partial charge is 0.345 e. The molecule has 1 fully saturated rings. The van der Waals surface area contributed by atoms with Crippen molar-refractivity contribution in [3.8, 4) is 0 Å². The maximum atomic E-state index is 13.7. The number of rotatable bonds is 5. The van der Waals surface area contributed by atoms with Crippen LogP contribution in [0.2, 0.25) is 0 Å². The van der Waals surface area contributed by atoms with Crippen molar-refractivity contribution in [2.24, 2.45) is 17.1 Å². The van der Waals surface area contributed by atoms with Gasteiger partial charge in [-0.05, 0) is 35.9 Å². The van der Waals surface area contributed by atoms with Crippen molar-refractivity contribution in [2.45, 2.75) is 26.2 Å². The number of hydrogen-bond acceptors (Lipinski definition) is 2. The van der Waals surface area contributed by atoms with Crippen molar-refractivity contribution in [3.05, 3.63) is 35.4 Å². The molecule has 1 aliphatic carbocycles. The van der Waals surface area contributed by atoms with Crippen LogP contribution in [0.15, 0.2) is 18.2 Å². The third-order valence-corrected chi connectivity index (χ3v) is 4.06. The molecule has 0 radical (unpaired) electrons. The van der Waals surface area contributed by atoms with E-state index in [1.807, 2.05) is 13.8 Å². The zero-order chi connectivity index (χ0) is 15.8. The highest BCUT2D eigenvalue weighted by molar-refractivity contribution is 5.82. The molecule has 1 amide bonds. The van der Waals surface area contributed by atoms with Crippen LogP contribution >= 0.6 is 0 Å². The molecule has 5 heteroatoms. The molecule has 1 saturated carbocycles. The molecule has 1 aromatic carbocycles. The molecule has 116 valence electrons. The summed E-state index contributed by atoms with van der Waals surface area (Å²) in [4.78, 5) is 14.0. The van der Waals surface area contributed by atoms with Crippen molar-refractivity contribution in [1.82, 2.24) is 4.90 Å². The number of nitrogens with zero attached hydrogens (tertiary/aromatic N) is 1. The van der Waals surface area contributed by atoms with Gasteiger partial charge in [-0.3, -0.25) is 4.79 Å². The first-order chi connectivity index (χ1) is 9.75. The molecule has 0 bridgehead atoms. The quantitative estimate of drug-likeness (QED) is 0.907. The molecular weight excluding hydrogens is 274 g/mol. The number of hydrogen-bond donors (Lipinski definition) is 1. The van der Waals surface area contributed by atoms with Gasteiger partial charge in [-0.1, -0.05) is 19.9 Å². The highest BCUT2D eigenvalue weighted by Gasteiger charge is 2.46. The molecule has 0 aromatic heterocycles. The Morgan fingerprint density at radius 2 is 2.10 bits per heavy atom. The topological polar surface area (TPSA) is 46.3 Å². The van der Waals surface area contributed by atoms with Crippen LogP contribution < -0.4 is 5.73 Å². The highest BCUT2D eigenvalue weighted by atomic mass is 19.1. The smallest absolute Gasteiger partial charge is 0.226 e. The van der Waals surface area contributed by atoms with E-state index in [2.05, 4.69) is 0 Å². The average molecular weight is 296 g/mol. The summed E-state index contributed by atoms with van der Waals surface area (Å²) in [5.74, 6) is -1.50. The van der Waals surface area contributed by atoms with Gasteiger partial charge in [0.25, 0.3) is 0 Å². The second kappa shape index (κ2) is 5.72. The molecule has 0 spiro atoms. The summed E-state index contributed by atoms with van der Waals surface area (Å²) >= 11 is 0. The van der Waals surface area contributed by atoms with Crippen LogP contribution in [0.5, 0.6) is 0 Å². The molecule has 0 saturated heterocycles. The maximum Gasteiger partial charge on any atom is 0.226 e. The van der Waals surface area contributed by atoms with E-state index in [9.17, 15) is 13.6 Å². The third-order valence-electron chi connectivity index (χ3n) is 4.06. The molecular formula is C16H22F2N2O. The SMILES string of the molecule is CN(CC(C)(C)CN)C(=O)C1CC1c1ccc(F)cc1F. The van der Waals surface area contributed by atoms with Gasteiger partial charge in [0.2, 0.25) is 5.91 Å². The standard InChI is InChI=1S/C16H22F2N2O/c1-16(2,8-19)9-20(3)15(21)13-7-12(13)11-5-4-10(17)6-14(11)18/h4-6,12-13H,7-9,19H2,1-3H3. The fourth-order valence-corrected chi connectivity index (χ4v) is 2.68. The Morgan fingerprint density at radius 1 is 1.43 bits per heavy atom. The fourth-order valence-electron chi connectivity index (χ4n) is 2.68. The minimum atomic E-state index is -0.596. The summed E-state index contributed by atoms with van der Waals surface area (Å²) in [5.41, 5.74) is 5.96. The van der Waals surface area contributed by atoms with Crippen molar-refractivity contribution in [2.75, 3.05) is 20.1 Å². The third kappa shape index (κ3) is 3.59. The number of halogens is 2. The van der Waals surface area contributed by atoms with Crippen LogP contribution in [-0.4, -0.2) is 30.9 Å². The highest BCUT2D eigenvalue weighted by Crippen LogP contribution is 2.49. The molecule has 1 aromatic rings. The molecule has 2 rings (SSSR count). The van der Waals surface area contributed by atoms with Crippen LogP contribution in [0.25, 0.3) is 0 Å². The Hall–Kier alpha value is -1.49. The van der Waals surface area contributed by atoms with Crippen molar-refractivity contribution in [3.63, 3.8) is 0 Å². The number of nitrogens with two attached hydrogens (primary N) is 1. The summed E-state index contributed by atoms with van der Waals surface area (Å²) in [6.45, 7) is 5.06. The molecule has 0 aliphatic heterocycles. The predicted octanol–water partition coefficient (Wildman–Crippen LogP) is 2.51. The van der Waals surface area contributed by atoms with Gasteiger partial charge >= 0.3 is 0 Å². The monoisotopic (exact) mass is 296 g/mol. The lowest BCUT2D eigenvalue weighted by atomic mass is 9.93. The van der Waals surface area contributed by atoms with Crippen molar-refractivity contribution in [1.29, 1.82) is 0 Å². The molecule has 21 heavy (non-hydrogen) atoms. The summed E-state index contributed by atoms with van der Waals surface area (Å²) < 4.78 is 26.6. The zero-order valence-electron chi connectivity index (χ0n) is 12.7.